The number of likely N-dealkylation sites (tertiary alicyclic amines) is 1. The molecule has 0 bridgehead atoms. The number of anilines is 1. The van der Waals surface area contributed by atoms with E-state index in [1.54, 1.807) is 17.0 Å². The Morgan fingerprint density at radius 3 is 2.33 bits per heavy atom. The minimum absolute atomic E-state index is 0.0317. The largest absolute Gasteiger partial charge is 0.307 e. The van der Waals surface area contributed by atoms with Crippen molar-refractivity contribution in [1.82, 2.24) is 9.88 Å². The number of aromatic nitrogens is 1. The average Bonchev–Trinajstić information content (AvgIpc) is 3.14. The number of pyridine rings is 1. The minimum atomic E-state index is -0.579. The average molecular weight is 549 g/mol. The maximum atomic E-state index is 13.9. The molecule has 0 N–H and O–H groups in total. The Hall–Kier alpha value is -2.51. The number of nitrogens with zero attached hydrogens (tertiary/aromatic N) is 3. The molecule has 2 aliphatic heterocycles. The van der Waals surface area contributed by atoms with Crippen LogP contribution in [-0.4, -0.2) is 42.0 Å². The van der Waals surface area contributed by atoms with Gasteiger partial charge < -0.3 is 4.90 Å². The molecular weight excluding hydrogens is 527 g/mol. The van der Waals surface area contributed by atoms with Crippen molar-refractivity contribution in [3.8, 4) is 0 Å². The van der Waals surface area contributed by atoms with Crippen LogP contribution in [-0.2, 0) is 5.41 Å². The maximum absolute atomic E-state index is 13.9. The highest BCUT2D eigenvalue weighted by molar-refractivity contribution is 6.33. The number of benzene rings is 2. The van der Waals surface area contributed by atoms with Gasteiger partial charge in [0.1, 0.15) is 21.9 Å². The molecule has 186 valence electrons. The smallest absolute Gasteiger partial charge is 0.258 e. The number of hydrogen-bond donors (Lipinski definition) is 0. The molecule has 0 saturated carbocycles. The third-order valence-corrected chi connectivity index (χ3v) is 7.62. The van der Waals surface area contributed by atoms with E-state index in [0.29, 0.717) is 23.7 Å². The maximum Gasteiger partial charge on any atom is 0.258 e. The second-order valence-corrected chi connectivity index (χ2v) is 10.4. The molecule has 3 aromatic rings. The number of amides is 1. The Morgan fingerprint density at radius 2 is 1.67 bits per heavy atom. The van der Waals surface area contributed by atoms with Gasteiger partial charge in [-0.1, -0.05) is 53.0 Å². The van der Waals surface area contributed by atoms with Crippen molar-refractivity contribution in [2.45, 2.75) is 18.3 Å². The number of rotatable bonds is 4. The van der Waals surface area contributed by atoms with Gasteiger partial charge in [0.2, 0.25) is 0 Å². The SMILES string of the molecule is O=C(c1cc(Cl)nc(Cl)c1)N1CC2(CCN(CC=Cc3c(F)cccc3F)CC2)c2cc(Cl)ccc21. The van der Waals surface area contributed by atoms with Crippen molar-refractivity contribution in [1.29, 1.82) is 0 Å². The van der Waals surface area contributed by atoms with E-state index in [1.807, 2.05) is 12.1 Å². The lowest BCUT2D eigenvalue weighted by molar-refractivity contribution is 0.0977. The monoisotopic (exact) mass is 547 g/mol. The second-order valence-electron chi connectivity index (χ2n) is 9.17. The van der Waals surface area contributed by atoms with Crippen LogP contribution in [0, 0.1) is 11.6 Å². The van der Waals surface area contributed by atoms with Crippen molar-refractivity contribution >= 4 is 52.5 Å². The minimum Gasteiger partial charge on any atom is -0.307 e. The van der Waals surface area contributed by atoms with Gasteiger partial charge in [0, 0.05) is 40.3 Å². The molecule has 36 heavy (non-hydrogen) atoms. The molecule has 9 heteroatoms. The third-order valence-electron chi connectivity index (χ3n) is 7.00. The van der Waals surface area contributed by atoms with Crippen LogP contribution in [0.3, 0.4) is 0 Å². The lowest BCUT2D eigenvalue weighted by atomic mass is 9.74. The lowest BCUT2D eigenvalue weighted by Crippen LogP contribution is -2.46. The Kier molecular flexibility index (Phi) is 7.05. The van der Waals surface area contributed by atoms with Crippen LogP contribution in [0.5, 0.6) is 0 Å². The summed E-state index contributed by atoms with van der Waals surface area (Å²) in [4.78, 5) is 21.4. The fourth-order valence-corrected chi connectivity index (χ4v) is 5.78. The van der Waals surface area contributed by atoms with Gasteiger partial charge in [0.05, 0.1) is 0 Å². The fraction of sp³-hybridized carbons (Fsp3) is 0.259. The van der Waals surface area contributed by atoms with Gasteiger partial charge in [-0.3, -0.25) is 9.69 Å². The topological polar surface area (TPSA) is 36.4 Å². The molecule has 1 spiro atoms. The molecule has 1 aromatic heterocycles. The van der Waals surface area contributed by atoms with Crippen molar-refractivity contribution in [2.24, 2.45) is 0 Å². The van der Waals surface area contributed by atoms with E-state index in [1.165, 1.54) is 36.4 Å². The summed E-state index contributed by atoms with van der Waals surface area (Å²) in [6, 6.07) is 12.5. The highest BCUT2D eigenvalue weighted by atomic mass is 35.5. The van der Waals surface area contributed by atoms with E-state index < -0.39 is 11.6 Å². The first-order valence-electron chi connectivity index (χ1n) is 11.5. The molecule has 0 radical (unpaired) electrons. The Balaban J connectivity index is 1.33. The number of hydrogen-bond acceptors (Lipinski definition) is 3. The number of halogens is 5. The van der Waals surface area contributed by atoms with Crippen LogP contribution in [0.25, 0.3) is 6.08 Å². The molecule has 0 atom stereocenters. The molecule has 5 rings (SSSR count). The van der Waals surface area contributed by atoms with Gasteiger partial charge in [-0.2, -0.15) is 0 Å². The zero-order chi connectivity index (χ0) is 25.4. The van der Waals surface area contributed by atoms with Gasteiger partial charge in [-0.05, 0) is 74.0 Å². The molecule has 2 aliphatic rings. The van der Waals surface area contributed by atoms with Crippen LogP contribution >= 0.6 is 34.8 Å². The molecule has 1 amide bonds. The Bertz CT molecular complexity index is 1320. The standard InChI is InChI=1S/C27H22Cl3F2N3O/c28-18-6-7-23-20(15-18)27(16-35(23)26(36)17-13-24(29)33-25(30)14-17)8-11-34(12-9-27)10-2-3-19-21(31)4-1-5-22(19)32/h1-7,13-15H,8-12,16H2. The van der Waals surface area contributed by atoms with Crippen LogP contribution < -0.4 is 4.90 Å². The zero-order valence-electron chi connectivity index (χ0n) is 19.2. The third kappa shape index (κ3) is 4.88. The van der Waals surface area contributed by atoms with Gasteiger partial charge in [-0.25, -0.2) is 13.8 Å². The van der Waals surface area contributed by atoms with E-state index in [9.17, 15) is 13.6 Å². The molecule has 2 aromatic carbocycles. The fourth-order valence-electron chi connectivity index (χ4n) is 5.15. The summed E-state index contributed by atoms with van der Waals surface area (Å²) < 4.78 is 27.8. The molecule has 0 aliphatic carbocycles. The predicted molar refractivity (Wildman–Crippen MR) is 140 cm³/mol. The van der Waals surface area contributed by atoms with Crippen molar-refractivity contribution in [3.63, 3.8) is 0 Å². The van der Waals surface area contributed by atoms with Crippen LogP contribution in [0.4, 0.5) is 14.5 Å². The highest BCUT2D eigenvalue weighted by Gasteiger charge is 2.46. The number of fused-ring (bicyclic) bond motifs is 2. The normalized spacial score (nSPS) is 17.2. The Labute approximate surface area is 223 Å². The van der Waals surface area contributed by atoms with Crippen LogP contribution in [0.1, 0.15) is 34.3 Å². The van der Waals surface area contributed by atoms with E-state index in [0.717, 1.165) is 37.2 Å². The first-order valence-corrected chi connectivity index (χ1v) is 12.7. The van der Waals surface area contributed by atoms with E-state index in [2.05, 4.69) is 9.88 Å². The first kappa shape index (κ1) is 25.2. The summed E-state index contributed by atoms with van der Waals surface area (Å²) in [5, 5.41) is 0.940. The zero-order valence-corrected chi connectivity index (χ0v) is 21.4. The van der Waals surface area contributed by atoms with Gasteiger partial charge in [-0.15, -0.1) is 0 Å². The van der Waals surface area contributed by atoms with Crippen molar-refractivity contribution < 1.29 is 13.6 Å². The second kappa shape index (κ2) is 10.1. The molecule has 4 nitrogen and oxygen atoms in total. The molecule has 0 unspecified atom stereocenters. The van der Waals surface area contributed by atoms with Crippen molar-refractivity contribution in [2.75, 3.05) is 31.1 Å². The summed E-state index contributed by atoms with van der Waals surface area (Å²) in [5.74, 6) is -1.35. The summed E-state index contributed by atoms with van der Waals surface area (Å²) in [7, 11) is 0. The highest BCUT2D eigenvalue weighted by Crippen LogP contribution is 2.48. The van der Waals surface area contributed by atoms with Gasteiger partial charge in [0.15, 0.2) is 0 Å². The quantitative estimate of drug-likeness (QED) is 0.329. The van der Waals surface area contributed by atoms with Crippen LogP contribution in [0.15, 0.2) is 54.6 Å². The summed E-state index contributed by atoms with van der Waals surface area (Å²) in [5.41, 5.74) is 1.99. The van der Waals surface area contributed by atoms with Crippen molar-refractivity contribution in [3.05, 3.63) is 98.3 Å². The summed E-state index contributed by atoms with van der Waals surface area (Å²) >= 11 is 18.4. The summed E-state index contributed by atoms with van der Waals surface area (Å²) in [6.07, 6.45) is 4.89. The van der Waals surface area contributed by atoms with E-state index in [-0.39, 0.29) is 27.2 Å². The molecule has 1 saturated heterocycles. The number of carbonyl (C=O) groups excluding carboxylic acids is 1. The number of carbonyl (C=O) groups is 1. The van der Waals surface area contributed by atoms with Crippen LogP contribution in [0.2, 0.25) is 15.3 Å². The lowest BCUT2D eigenvalue weighted by Gasteiger charge is -2.39. The number of piperidine rings is 1. The predicted octanol–water partition coefficient (Wildman–Crippen LogP) is 7.03. The van der Waals surface area contributed by atoms with E-state index >= 15 is 0 Å². The van der Waals surface area contributed by atoms with E-state index in [4.69, 9.17) is 34.8 Å². The summed E-state index contributed by atoms with van der Waals surface area (Å²) in [6.45, 7) is 2.63. The van der Waals surface area contributed by atoms with Gasteiger partial charge >= 0.3 is 0 Å². The van der Waals surface area contributed by atoms with Gasteiger partial charge in [0.25, 0.3) is 5.91 Å². The molecule has 3 heterocycles. The molecule has 1 fully saturated rings. The first-order chi connectivity index (χ1) is 17.3. The Morgan fingerprint density at radius 1 is 1.00 bits per heavy atom. The molecular formula is C27H22Cl3F2N3O.